The summed E-state index contributed by atoms with van der Waals surface area (Å²) in [5.41, 5.74) is -0.181. The number of hydrogen-bond donors (Lipinski definition) is 1. The highest BCUT2D eigenvalue weighted by Gasteiger charge is 2.67. The fourth-order valence-corrected chi connectivity index (χ4v) is 3.62. The monoisotopic (exact) mass is 296 g/mol. The van der Waals surface area contributed by atoms with Crippen molar-refractivity contribution in [1.82, 2.24) is 0 Å². The van der Waals surface area contributed by atoms with Crippen LogP contribution in [0.15, 0.2) is 36.4 Å². The van der Waals surface area contributed by atoms with Crippen LogP contribution >= 0.6 is 0 Å². The van der Waals surface area contributed by atoms with Crippen molar-refractivity contribution >= 4 is 17.5 Å². The van der Waals surface area contributed by atoms with E-state index in [1.54, 1.807) is 36.4 Å². The van der Waals surface area contributed by atoms with Crippen LogP contribution in [0, 0.1) is 23.2 Å². The molecule has 6 heteroatoms. The van der Waals surface area contributed by atoms with E-state index in [2.05, 4.69) is 0 Å². The molecule has 2 fully saturated rings. The van der Waals surface area contributed by atoms with Crippen LogP contribution in [0.5, 0.6) is 0 Å². The smallest absolute Gasteiger partial charge is 0.241 e. The highest BCUT2D eigenvalue weighted by Crippen LogP contribution is 2.52. The second-order valence-electron chi connectivity index (χ2n) is 5.73. The number of aliphatic hydroxyl groups excluding tert-OH is 1. The molecule has 2 amide bonds. The molecule has 22 heavy (non-hydrogen) atoms. The standard InChI is InChI=1S/C16H12N2O4/c17-7-9-1-3-10(4-2-9)18-14(20)12-11-5-6-16(8-19,22-11)13(12)15(18)21/h1-6,11-13,19H,8H2/t11-,12-,13+,16-/m0/s1. The molecular weight excluding hydrogens is 284 g/mol. The van der Waals surface area contributed by atoms with E-state index in [-0.39, 0.29) is 18.4 Å². The Balaban J connectivity index is 1.74. The lowest BCUT2D eigenvalue weighted by Crippen LogP contribution is -2.43. The van der Waals surface area contributed by atoms with Gasteiger partial charge in [-0.25, -0.2) is 4.90 Å². The number of anilines is 1. The molecule has 0 aliphatic carbocycles. The summed E-state index contributed by atoms with van der Waals surface area (Å²) in [6.07, 6.45) is 2.97. The van der Waals surface area contributed by atoms with Gasteiger partial charge in [-0.3, -0.25) is 9.59 Å². The Bertz CT molecular complexity index is 748. The van der Waals surface area contributed by atoms with Crippen LogP contribution in [-0.2, 0) is 14.3 Å². The fraction of sp³-hybridized carbons (Fsp3) is 0.312. The molecule has 0 spiro atoms. The minimum atomic E-state index is -1.08. The van der Waals surface area contributed by atoms with Crippen molar-refractivity contribution in [1.29, 1.82) is 5.26 Å². The average Bonchev–Trinajstić information content (AvgIpc) is 3.19. The van der Waals surface area contributed by atoms with Gasteiger partial charge in [0.1, 0.15) is 5.60 Å². The van der Waals surface area contributed by atoms with E-state index in [0.29, 0.717) is 11.3 Å². The molecule has 0 radical (unpaired) electrons. The summed E-state index contributed by atoms with van der Waals surface area (Å²) >= 11 is 0. The normalized spacial score (nSPS) is 35.1. The van der Waals surface area contributed by atoms with Crippen LogP contribution in [0.3, 0.4) is 0 Å². The third kappa shape index (κ3) is 1.44. The van der Waals surface area contributed by atoms with Gasteiger partial charge in [-0.15, -0.1) is 0 Å². The van der Waals surface area contributed by atoms with Crippen molar-refractivity contribution in [2.75, 3.05) is 11.5 Å². The van der Waals surface area contributed by atoms with Gasteiger partial charge >= 0.3 is 0 Å². The average molecular weight is 296 g/mol. The summed E-state index contributed by atoms with van der Waals surface area (Å²) in [5.74, 6) is -1.94. The first-order valence-corrected chi connectivity index (χ1v) is 6.97. The van der Waals surface area contributed by atoms with Crippen molar-refractivity contribution in [2.45, 2.75) is 11.7 Å². The largest absolute Gasteiger partial charge is 0.393 e. The molecule has 2 bridgehead atoms. The number of nitrogens with zero attached hydrogens (tertiary/aromatic N) is 2. The molecule has 1 aromatic rings. The van der Waals surface area contributed by atoms with Gasteiger partial charge < -0.3 is 9.84 Å². The summed E-state index contributed by atoms with van der Waals surface area (Å²) in [7, 11) is 0. The quantitative estimate of drug-likeness (QED) is 0.628. The maximum absolute atomic E-state index is 12.7. The lowest BCUT2D eigenvalue weighted by atomic mass is 9.77. The van der Waals surface area contributed by atoms with E-state index >= 15 is 0 Å². The summed E-state index contributed by atoms with van der Waals surface area (Å²) in [4.78, 5) is 26.5. The second kappa shape index (κ2) is 4.26. The molecule has 6 nitrogen and oxygen atoms in total. The zero-order chi connectivity index (χ0) is 15.5. The molecule has 0 saturated carbocycles. The van der Waals surface area contributed by atoms with E-state index in [0.717, 1.165) is 4.90 Å². The molecule has 1 aromatic carbocycles. The number of carbonyl (C=O) groups excluding carboxylic acids is 2. The summed E-state index contributed by atoms with van der Waals surface area (Å²) in [6, 6.07) is 8.29. The van der Waals surface area contributed by atoms with Gasteiger partial charge in [-0.05, 0) is 24.3 Å². The third-order valence-electron chi connectivity index (χ3n) is 4.66. The van der Waals surface area contributed by atoms with Crippen LogP contribution in [0.2, 0.25) is 0 Å². The SMILES string of the molecule is N#Cc1ccc(N2C(=O)[C@H]3[C@@H]4C=C[C@@](CO)(O4)[C@H]3C2=O)cc1. The lowest BCUT2D eigenvalue weighted by Gasteiger charge is -2.26. The number of nitriles is 1. The number of aliphatic hydroxyl groups is 1. The van der Waals surface area contributed by atoms with E-state index in [1.807, 2.05) is 6.07 Å². The van der Waals surface area contributed by atoms with Gasteiger partial charge in [-0.1, -0.05) is 12.2 Å². The summed E-state index contributed by atoms with van der Waals surface area (Å²) in [6.45, 7) is -0.332. The molecule has 2 saturated heterocycles. The Morgan fingerprint density at radius 1 is 1.27 bits per heavy atom. The Morgan fingerprint density at radius 2 is 2.00 bits per heavy atom. The Hall–Kier alpha value is -2.49. The predicted octanol–water partition coefficient (Wildman–Crippen LogP) is 0.364. The molecular formula is C16H12N2O4. The van der Waals surface area contributed by atoms with Crippen LogP contribution in [0.25, 0.3) is 0 Å². The minimum Gasteiger partial charge on any atom is -0.393 e. The van der Waals surface area contributed by atoms with E-state index < -0.39 is 23.5 Å². The molecule has 110 valence electrons. The fourth-order valence-electron chi connectivity index (χ4n) is 3.62. The minimum absolute atomic E-state index is 0.315. The zero-order valence-electron chi connectivity index (χ0n) is 11.5. The topological polar surface area (TPSA) is 90.6 Å². The first-order chi connectivity index (χ1) is 10.6. The van der Waals surface area contributed by atoms with Gasteiger partial charge in [0.25, 0.3) is 0 Å². The molecule has 4 rings (SSSR count). The van der Waals surface area contributed by atoms with Gasteiger partial charge in [-0.2, -0.15) is 5.26 Å². The summed E-state index contributed by atoms with van der Waals surface area (Å²) < 4.78 is 5.67. The number of amides is 2. The number of fused-ring (bicyclic) bond motifs is 5. The van der Waals surface area contributed by atoms with Gasteiger partial charge in [0.2, 0.25) is 11.8 Å². The highest BCUT2D eigenvalue weighted by atomic mass is 16.5. The second-order valence-corrected chi connectivity index (χ2v) is 5.73. The molecule has 0 aromatic heterocycles. The molecule has 4 atom stereocenters. The van der Waals surface area contributed by atoms with Gasteiger partial charge in [0.05, 0.1) is 41.9 Å². The van der Waals surface area contributed by atoms with Crippen LogP contribution < -0.4 is 4.90 Å². The molecule has 3 heterocycles. The van der Waals surface area contributed by atoms with Crippen LogP contribution in [0.4, 0.5) is 5.69 Å². The first-order valence-electron chi connectivity index (χ1n) is 6.97. The third-order valence-corrected chi connectivity index (χ3v) is 4.66. The number of rotatable bonds is 2. The first kappa shape index (κ1) is 13.2. The zero-order valence-corrected chi connectivity index (χ0v) is 11.5. The van der Waals surface area contributed by atoms with Crippen molar-refractivity contribution in [2.24, 2.45) is 11.8 Å². The number of carbonyl (C=O) groups is 2. The Morgan fingerprint density at radius 3 is 2.64 bits per heavy atom. The number of imide groups is 1. The number of benzene rings is 1. The number of ether oxygens (including phenoxy) is 1. The van der Waals surface area contributed by atoms with E-state index in [9.17, 15) is 14.7 Å². The molecule has 1 N–H and O–H groups in total. The molecule has 3 aliphatic heterocycles. The predicted molar refractivity (Wildman–Crippen MR) is 74.5 cm³/mol. The maximum atomic E-state index is 12.7. The Kier molecular flexibility index (Phi) is 2.55. The van der Waals surface area contributed by atoms with E-state index in [1.165, 1.54) is 0 Å². The maximum Gasteiger partial charge on any atom is 0.241 e. The summed E-state index contributed by atoms with van der Waals surface area (Å²) in [5, 5.41) is 18.4. The Labute approximate surface area is 126 Å². The van der Waals surface area contributed by atoms with Crippen LogP contribution in [-0.4, -0.2) is 35.2 Å². The molecule has 0 unspecified atom stereocenters. The van der Waals surface area contributed by atoms with Gasteiger partial charge in [0.15, 0.2) is 0 Å². The van der Waals surface area contributed by atoms with Crippen LogP contribution in [0.1, 0.15) is 5.56 Å². The van der Waals surface area contributed by atoms with Gasteiger partial charge in [0, 0.05) is 0 Å². The van der Waals surface area contributed by atoms with Crippen molar-refractivity contribution < 1.29 is 19.4 Å². The van der Waals surface area contributed by atoms with Crippen molar-refractivity contribution in [3.8, 4) is 6.07 Å². The number of hydrogen-bond acceptors (Lipinski definition) is 5. The molecule has 3 aliphatic rings. The highest BCUT2D eigenvalue weighted by molar-refractivity contribution is 6.23. The van der Waals surface area contributed by atoms with Crippen molar-refractivity contribution in [3.63, 3.8) is 0 Å². The van der Waals surface area contributed by atoms with Crippen molar-refractivity contribution in [3.05, 3.63) is 42.0 Å². The lowest BCUT2D eigenvalue weighted by molar-refractivity contribution is -0.128. The van der Waals surface area contributed by atoms with E-state index in [4.69, 9.17) is 10.00 Å².